The Morgan fingerprint density at radius 1 is 0.857 bits per heavy atom. The largest absolute Gasteiger partial charge is 0.478 e. The smallest absolute Gasteiger partial charge is 0.335 e. The normalized spacial score (nSPS) is 13.5. The molecule has 2 aromatic rings. The summed E-state index contributed by atoms with van der Waals surface area (Å²) in [4.78, 5) is 45.8. The summed E-state index contributed by atoms with van der Waals surface area (Å²) in [6.45, 7) is 0. The molecule has 2 aromatic carbocycles. The molecule has 0 saturated carbocycles. The molecule has 3 N–H and O–H groups in total. The first kappa shape index (κ1) is 19.1. The van der Waals surface area contributed by atoms with Gasteiger partial charge >= 0.3 is 5.97 Å². The van der Waals surface area contributed by atoms with Gasteiger partial charge in [-0.15, -0.1) is 0 Å². The SMILES string of the molecule is CN(C)C(=O)c1ccc2c(c1)CC(=O)N2.O=C1Cc2cc(C(=O)O)ccc2N1. The van der Waals surface area contributed by atoms with E-state index in [-0.39, 0.29) is 29.7 Å². The molecular formula is C20H19N3O5. The number of hydrogen-bond acceptors (Lipinski definition) is 4. The Morgan fingerprint density at radius 2 is 1.32 bits per heavy atom. The fourth-order valence-electron chi connectivity index (χ4n) is 2.98. The van der Waals surface area contributed by atoms with E-state index in [1.165, 1.54) is 17.0 Å². The highest BCUT2D eigenvalue weighted by atomic mass is 16.4. The number of nitrogens with one attached hydrogen (secondary N) is 2. The maximum absolute atomic E-state index is 11.6. The summed E-state index contributed by atoms with van der Waals surface area (Å²) < 4.78 is 0. The van der Waals surface area contributed by atoms with E-state index in [4.69, 9.17) is 5.11 Å². The zero-order chi connectivity index (χ0) is 20.4. The van der Waals surface area contributed by atoms with Crippen LogP contribution in [0.4, 0.5) is 11.4 Å². The third-order valence-corrected chi connectivity index (χ3v) is 4.36. The Hall–Kier alpha value is -3.68. The second-order valence-corrected chi connectivity index (χ2v) is 6.70. The number of rotatable bonds is 2. The molecule has 2 aliphatic rings. The standard InChI is InChI=1S/C11H12N2O2.C9H7NO3/c1-13(2)11(15)7-3-4-9-8(5-7)6-10(14)12-9;11-8-4-6-3-5(9(12)13)1-2-7(6)10-8/h3-5H,6H2,1-2H3,(H,12,14);1-3H,4H2,(H,10,11)(H,12,13). The number of carbonyl (C=O) groups is 4. The summed E-state index contributed by atoms with van der Waals surface area (Å²) in [6, 6.07) is 9.89. The van der Waals surface area contributed by atoms with Crippen LogP contribution in [0.5, 0.6) is 0 Å². The molecule has 4 rings (SSSR count). The van der Waals surface area contributed by atoms with Crippen LogP contribution >= 0.6 is 0 Å². The molecule has 0 atom stereocenters. The van der Waals surface area contributed by atoms with Crippen LogP contribution in [0.25, 0.3) is 0 Å². The number of carboxylic acid groups (broad SMARTS) is 1. The third kappa shape index (κ3) is 4.01. The fraction of sp³-hybridized carbons (Fsp3) is 0.200. The van der Waals surface area contributed by atoms with E-state index in [2.05, 4.69) is 10.6 Å². The molecule has 144 valence electrons. The average Bonchev–Trinajstić information content (AvgIpc) is 3.20. The minimum Gasteiger partial charge on any atom is -0.478 e. The number of carboxylic acids is 1. The van der Waals surface area contributed by atoms with Crippen molar-refractivity contribution in [2.45, 2.75) is 12.8 Å². The number of hydrogen-bond donors (Lipinski definition) is 3. The number of carbonyl (C=O) groups excluding carboxylic acids is 3. The molecule has 28 heavy (non-hydrogen) atoms. The zero-order valence-electron chi connectivity index (χ0n) is 15.4. The van der Waals surface area contributed by atoms with Gasteiger partial charge in [0.25, 0.3) is 5.91 Å². The predicted octanol–water partition coefficient (Wildman–Crippen LogP) is 1.76. The summed E-state index contributed by atoms with van der Waals surface area (Å²) in [5, 5.41) is 14.0. The van der Waals surface area contributed by atoms with Crippen LogP contribution in [0.1, 0.15) is 31.8 Å². The number of amides is 3. The molecule has 0 radical (unpaired) electrons. The first-order chi connectivity index (χ1) is 13.2. The number of benzene rings is 2. The maximum Gasteiger partial charge on any atom is 0.335 e. The van der Waals surface area contributed by atoms with Crippen molar-refractivity contribution in [2.24, 2.45) is 0 Å². The first-order valence-electron chi connectivity index (χ1n) is 8.55. The van der Waals surface area contributed by atoms with E-state index < -0.39 is 5.97 Å². The van der Waals surface area contributed by atoms with Crippen LogP contribution in [0.3, 0.4) is 0 Å². The highest BCUT2D eigenvalue weighted by Gasteiger charge is 2.20. The number of aromatic carboxylic acids is 1. The van der Waals surface area contributed by atoms with Crippen molar-refractivity contribution in [3.05, 3.63) is 58.7 Å². The van der Waals surface area contributed by atoms with Crippen LogP contribution in [0, 0.1) is 0 Å². The van der Waals surface area contributed by atoms with E-state index in [0.29, 0.717) is 12.0 Å². The van der Waals surface area contributed by atoms with Gasteiger partial charge in [0, 0.05) is 31.0 Å². The van der Waals surface area contributed by atoms with Gasteiger partial charge < -0.3 is 20.6 Å². The van der Waals surface area contributed by atoms with Gasteiger partial charge in [-0.25, -0.2) is 4.79 Å². The highest BCUT2D eigenvalue weighted by molar-refractivity contribution is 6.02. The minimum atomic E-state index is -0.970. The summed E-state index contributed by atoms with van der Waals surface area (Å²) in [6.07, 6.45) is 0.639. The average molecular weight is 381 g/mol. The second-order valence-electron chi connectivity index (χ2n) is 6.70. The molecule has 0 fully saturated rings. The van der Waals surface area contributed by atoms with Crippen LogP contribution in [-0.4, -0.2) is 47.8 Å². The summed E-state index contributed by atoms with van der Waals surface area (Å²) >= 11 is 0. The lowest BCUT2D eigenvalue weighted by molar-refractivity contribution is -0.115. The Labute approximate surface area is 161 Å². The van der Waals surface area contributed by atoms with Gasteiger partial charge in [0.15, 0.2) is 0 Å². The Balaban J connectivity index is 0.000000162. The fourth-order valence-corrected chi connectivity index (χ4v) is 2.98. The maximum atomic E-state index is 11.6. The predicted molar refractivity (Wildman–Crippen MR) is 103 cm³/mol. The van der Waals surface area contributed by atoms with Crippen molar-refractivity contribution in [1.29, 1.82) is 0 Å². The van der Waals surface area contributed by atoms with Crippen LogP contribution in [0.2, 0.25) is 0 Å². The van der Waals surface area contributed by atoms with Crippen LogP contribution < -0.4 is 10.6 Å². The quantitative estimate of drug-likeness (QED) is 0.733. The molecule has 2 heterocycles. The van der Waals surface area contributed by atoms with Gasteiger partial charge in [-0.1, -0.05) is 0 Å². The Bertz CT molecular complexity index is 997. The van der Waals surface area contributed by atoms with E-state index >= 15 is 0 Å². The van der Waals surface area contributed by atoms with Gasteiger partial charge in [-0.05, 0) is 47.5 Å². The van der Waals surface area contributed by atoms with Gasteiger partial charge in [0.05, 0.1) is 18.4 Å². The van der Waals surface area contributed by atoms with Crippen molar-refractivity contribution in [1.82, 2.24) is 4.90 Å². The van der Waals surface area contributed by atoms with Gasteiger partial charge in [0.2, 0.25) is 11.8 Å². The Kier molecular flexibility index (Phi) is 5.12. The van der Waals surface area contributed by atoms with Crippen molar-refractivity contribution in [2.75, 3.05) is 24.7 Å². The van der Waals surface area contributed by atoms with Crippen molar-refractivity contribution in [3.63, 3.8) is 0 Å². The summed E-state index contributed by atoms with van der Waals surface area (Å²) in [7, 11) is 3.41. The van der Waals surface area contributed by atoms with E-state index in [1.54, 1.807) is 38.4 Å². The lowest BCUT2D eigenvalue weighted by Gasteiger charge is -2.10. The second kappa shape index (κ2) is 7.51. The monoisotopic (exact) mass is 381 g/mol. The molecule has 8 nitrogen and oxygen atoms in total. The third-order valence-electron chi connectivity index (χ3n) is 4.36. The molecule has 0 saturated heterocycles. The van der Waals surface area contributed by atoms with Gasteiger partial charge in [-0.2, -0.15) is 0 Å². The molecule has 2 aliphatic heterocycles. The topological polar surface area (TPSA) is 116 Å². The lowest BCUT2D eigenvalue weighted by atomic mass is 10.1. The molecule has 0 unspecified atom stereocenters. The number of anilines is 2. The van der Waals surface area contributed by atoms with E-state index in [9.17, 15) is 19.2 Å². The van der Waals surface area contributed by atoms with Gasteiger partial charge in [-0.3, -0.25) is 14.4 Å². The van der Waals surface area contributed by atoms with Crippen molar-refractivity contribution < 1.29 is 24.3 Å². The number of nitrogens with zero attached hydrogens (tertiary/aromatic N) is 1. The minimum absolute atomic E-state index is 0.0144. The van der Waals surface area contributed by atoms with Crippen LogP contribution in [0.15, 0.2) is 36.4 Å². The van der Waals surface area contributed by atoms with E-state index in [0.717, 1.165) is 22.5 Å². The van der Waals surface area contributed by atoms with Crippen molar-refractivity contribution in [3.8, 4) is 0 Å². The molecular weight excluding hydrogens is 362 g/mol. The molecule has 0 aliphatic carbocycles. The van der Waals surface area contributed by atoms with Crippen LogP contribution in [-0.2, 0) is 22.4 Å². The highest BCUT2D eigenvalue weighted by Crippen LogP contribution is 2.24. The molecule has 8 heteroatoms. The first-order valence-corrected chi connectivity index (χ1v) is 8.55. The molecule has 0 bridgehead atoms. The summed E-state index contributed by atoms with van der Waals surface area (Å²) in [5.41, 5.74) is 4.02. The Morgan fingerprint density at radius 3 is 1.79 bits per heavy atom. The van der Waals surface area contributed by atoms with E-state index in [1.807, 2.05) is 0 Å². The molecule has 0 aromatic heterocycles. The summed E-state index contributed by atoms with van der Waals surface area (Å²) in [5.74, 6) is -1.11. The van der Waals surface area contributed by atoms with Gasteiger partial charge in [0.1, 0.15) is 0 Å². The lowest BCUT2D eigenvalue weighted by Crippen LogP contribution is -2.21. The molecule has 0 spiro atoms. The number of fused-ring (bicyclic) bond motifs is 2. The zero-order valence-corrected chi connectivity index (χ0v) is 15.4. The van der Waals surface area contributed by atoms with Crippen molar-refractivity contribution >= 4 is 35.1 Å². The molecule has 3 amide bonds.